The van der Waals surface area contributed by atoms with Crippen LogP contribution in [0.1, 0.15) is 27.2 Å². The Hall–Kier alpha value is -1.64. The lowest BCUT2D eigenvalue weighted by atomic mass is 10.3. The third-order valence-electron chi connectivity index (χ3n) is 2.87. The molecule has 1 amide bonds. The van der Waals surface area contributed by atoms with E-state index in [0.717, 1.165) is 0 Å². The second kappa shape index (κ2) is 8.85. The number of benzene rings is 1. The summed E-state index contributed by atoms with van der Waals surface area (Å²) >= 11 is 0. The van der Waals surface area contributed by atoms with Gasteiger partial charge in [-0.05, 0) is 51.5 Å². The molecule has 0 heterocycles. The summed E-state index contributed by atoms with van der Waals surface area (Å²) in [5.41, 5.74) is 0. The number of aliphatic hydroxyl groups is 1. The summed E-state index contributed by atoms with van der Waals surface area (Å²) in [4.78, 5) is 11.9. The average molecular weight is 344 g/mol. The second-order valence-corrected chi connectivity index (χ2v) is 7.14. The van der Waals surface area contributed by atoms with Gasteiger partial charge >= 0.3 is 0 Å². The van der Waals surface area contributed by atoms with E-state index in [1.54, 1.807) is 6.92 Å². The normalized spacial score (nSPS) is 12.9. The summed E-state index contributed by atoms with van der Waals surface area (Å²) in [6, 6.07) is 5.83. The van der Waals surface area contributed by atoms with Crippen LogP contribution >= 0.6 is 0 Å². The Morgan fingerprint density at radius 1 is 1.22 bits per heavy atom. The summed E-state index contributed by atoms with van der Waals surface area (Å²) in [6.45, 7) is 5.43. The van der Waals surface area contributed by atoms with Crippen molar-refractivity contribution in [2.24, 2.45) is 0 Å². The van der Waals surface area contributed by atoms with E-state index >= 15 is 0 Å². The minimum atomic E-state index is -3.61. The first-order chi connectivity index (χ1) is 10.8. The summed E-state index contributed by atoms with van der Waals surface area (Å²) < 4.78 is 31.8. The Bertz CT molecular complexity index is 599. The highest BCUT2D eigenvalue weighted by Gasteiger charge is 2.17. The van der Waals surface area contributed by atoms with Crippen LogP contribution in [0.25, 0.3) is 0 Å². The van der Waals surface area contributed by atoms with Gasteiger partial charge in [0.25, 0.3) is 5.91 Å². The smallest absolute Gasteiger partial charge is 0.260 e. The number of ether oxygens (including phenoxy) is 1. The Kier molecular flexibility index (Phi) is 7.47. The lowest BCUT2D eigenvalue weighted by Crippen LogP contribution is -2.40. The molecule has 130 valence electrons. The lowest BCUT2D eigenvalue weighted by Gasteiger charge is -2.16. The zero-order valence-corrected chi connectivity index (χ0v) is 14.4. The molecule has 0 aliphatic carbocycles. The molecule has 1 rings (SSSR count). The van der Waals surface area contributed by atoms with Crippen molar-refractivity contribution in [2.45, 2.75) is 44.2 Å². The van der Waals surface area contributed by atoms with Gasteiger partial charge in [0.15, 0.2) is 6.10 Å². The van der Waals surface area contributed by atoms with Gasteiger partial charge in [0.1, 0.15) is 5.75 Å². The maximum atomic E-state index is 12.0. The fraction of sp³-hybridized carbons (Fsp3) is 0.533. The van der Waals surface area contributed by atoms with Gasteiger partial charge in [-0.15, -0.1) is 0 Å². The van der Waals surface area contributed by atoms with Crippen LogP contribution in [-0.4, -0.2) is 44.7 Å². The second-order valence-electron chi connectivity index (χ2n) is 5.37. The fourth-order valence-electron chi connectivity index (χ4n) is 1.73. The number of amides is 1. The maximum Gasteiger partial charge on any atom is 0.260 e. The van der Waals surface area contributed by atoms with Crippen LogP contribution in [-0.2, 0) is 14.8 Å². The summed E-state index contributed by atoms with van der Waals surface area (Å²) in [7, 11) is -3.61. The predicted octanol–water partition coefficient (Wildman–Crippen LogP) is 0.639. The Morgan fingerprint density at radius 3 is 2.35 bits per heavy atom. The quantitative estimate of drug-likeness (QED) is 0.570. The third-order valence-corrected chi connectivity index (χ3v) is 4.35. The van der Waals surface area contributed by atoms with E-state index in [9.17, 15) is 13.2 Å². The molecule has 0 aromatic heterocycles. The van der Waals surface area contributed by atoms with E-state index in [1.165, 1.54) is 24.3 Å². The highest BCUT2D eigenvalue weighted by Crippen LogP contribution is 2.17. The molecule has 0 unspecified atom stereocenters. The molecule has 3 N–H and O–H groups in total. The summed E-state index contributed by atoms with van der Waals surface area (Å²) in [5, 5.41) is 11.4. The predicted molar refractivity (Wildman–Crippen MR) is 86.7 cm³/mol. The third kappa shape index (κ3) is 6.55. The number of sulfonamides is 1. The van der Waals surface area contributed by atoms with Gasteiger partial charge in [0.05, 0.1) is 4.90 Å². The minimum Gasteiger partial charge on any atom is -0.481 e. The lowest BCUT2D eigenvalue weighted by molar-refractivity contribution is -0.127. The van der Waals surface area contributed by atoms with E-state index in [0.29, 0.717) is 12.2 Å². The fourth-order valence-corrected chi connectivity index (χ4v) is 2.80. The van der Waals surface area contributed by atoms with Gasteiger partial charge in [-0.1, -0.05) is 0 Å². The number of carbonyl (C=O) groups is 1. The molecular formula is C15H24N2O5S. The van der Waals surface area contributed by atoms with Crippen molar-refractivity contribution >= 4 is 15.9 Å². The molecule has 0 fully saturated rings. The molecule has 7 nitrogen and oxygen atoms in total. The van der Waals surface area contributed by atoms with Crippen molar-refractivity contribution in [3.8, 4) is 5.75 Å². The maximum absolute atomic E-state index is 12.0. The SMILES string of the molecule is CC(C)NC(=O)[C@H](C)Oc1ccc(S(=O)(=O)NCCCO)cc1. The van der Waals surface area contributed by atoms with E-state index in [-0.39, 0.29) is 30.0 Å². The zero-order valence-electron chi connectivity index (χ0n) is 13.6. The Labute approximate surface area is 137 Å². The molecule has 0 aliphatic rings. The van der Waals surface area contributed by atoms with Crippen molar-refractivity contribution in [1.29, 1.82) is 0 Å². The van der Waals surface area contributed by atoms with E-state index < -0.39 is 16.1 Å². The van der Waals surface area contributed by atoms with Crippen molar-refractivity contribution in [3.05, 3.63) is 24.3 Å². The van der Waals surface area contributed by atoms with Gasteiger partial charge in [-0.25, -0.2) is 13.1 Å². The molecule has 1 aromatic carbocycles. The summed E-state index contributed by atoms with van der Waals surface area (Å²) in [5.74, 6) is 0.174. The molecule has 0 saturated carbocycles. The molecule has 0 radical (unpaired) electrons. The number of nitrogens with one attached hydrogen (secondary N) is 2. The van der Waals surface area contributed by atoms with Gasteiger partial charge in [0.2, 0.25) is 10.0 Å². The zero-order chi connectivity index (χ0) is 17.5. The van der Waals surface area contributed by atoms with Gasteiger partial charge in [-0.2, -0.15) is 0 Å². The highest BCUT2D eigenvalue weighted by atomic mass is 32.2. The van der Waals surface area contributed by atoms with Crippen LogP contribution in [0, 0.1) is 0 Å². The monoisotopic (exact) mass is 344 g/mol. The van der Waals surface area contributed by atoms with Crippen LogP contribution in [0.15, 0.2) is 29.2 Å². The van der Waals surface area contributed by atoms with Gasteiger partial charge in [-0.3, -0.25) is 4.79 Å². The van der Waals surface area contributed by atoms with Crippen LogP contribution in [0.5, 0.6) is 5.75 Å². The van der Waals surface area contributed by atoms with Crippen LogP contribution in [0.2, 0.25) is 0 Å². The van der Waals surface area contributed by atoms with Crippen molar-refractivity contribution in [3.63, 3.8) is 0 Å². The van der Waals surface area contributed by atoms with Crippen LogP contribution < -0.4 is 14.8 Å². The van der Waals surface area contributed by atoms with Crippen molar-refractivity contribution < 1.29 is 23.1 Å². The molecule has 0 bridgehead atoms. The van der Waals surface area contributed by atoms with Crippen molar-refractivity contribution in [2.75, 3.05) is 13.2 Å². The molecule has 23 heavy (non-hydrogen) atoms. The number of carbonyl (C=O) groups excluding carboxylic acids is 1. The van der Waals surface area contributed by atoms with Crippen LogP contribution in [0.4, 0.5) is 0 Å². The Balaban J connectivity index is 2.67. The topological polar surface area (TPSA) is 105 Å². The molecule has 0 spiro atoms. The largest absolute Gasteiger partial charge is 0.481 e. The van der Waals surface area contributed by atoms with Gasteiger partial charge in [0, 0.05) is 19.2 Å². The number of aliphatic hydroxyl groups excluding tert-OH is 1. The molecule has 1 atom stereocenters. The number of rotatable bonds is 9. The standard InChI is InChI=1S/C15H24N2O5S/c1-11(2)17-15(19)12(3)22-13-5-7-14(8-6-13)23(20,21)16-9-4-10-18/h5-8,11-12,16,18H,4,9-10H2,1-3H3,(H,17,19)/t12-/m0/s1. The highest BCUT2D eigenvalue weighted by molar-refractivity contribution is 7.89. The average Bonchev–Trinajstić information content (AvgIpc) is 2.47. The van der Waals surface area contributed by atoms with E-state index in [1.807, 2.05) is 13.8 Å². The molecule has 1 aromatic rings. The first kappa shape index (κ1) is 19.4. The van der Waals surface area contributed by atoms with Gasteiger partial charge < -0.3 is 15.2 Å². The number of hydrogen-bond acceptors (Lipinski definition) is 5. The van der Waals surface area contributed by atoms with Crippen molar-refractivity contribution in [1.82, 2.24) is 10.0 Å². The Morgan fingerprint density at radius 2 is 1.83 bits per heavy atom. The first-order valence-corrected chi connectivity index (χ1v) is 8.92. The molecule has 0 saturated heterocycles. The first-order valence-electron chi connectivity index (χ1n) is 7.44. The molecule has 8 heteroatoms. The van der Waals surface area contributed by atoms with E-state index in [2.05, 4.69) is 10.0 Å². The number of hydrogen-bond donors (Lipinski definition) is 3. The van der Waals surface area contributed by atoms with Crippen LogP contribution in [0.3, 0.4) is 0 Å². The molecule has 0 aliphatic heterocycles. The van der Waals surface area contributed by atoms with E-state index in [4.69, 9.17) is 9.84 Å². The summed E-state index contributed by atoms with van der Waals surface area (Å²) in [6.07, 6.45) is -0.328. The minimum absolute atomic E-state index is 0.0195. The molecular weight excluding hydrogens is 320 g/mol.